The summed E-state index contributed by atoms with van der Waals surface area (Å²) in [5.41, 5.74) is 3.53. The maximum Gasteiger partial charge on any atom is 0.266 e. The Balaban J connectivity index is 2.16. The molecule has 0 saturated carbocycles. The van der Waals surface area contributed by atoms with Crippen molar-refractivity contribution in [2.75, 3.05) is 13.6 Å². The predicted molar refractivity (Wildman–Crippen MR) is 80.5 cm³/mol. The Morgan fingerprint density at radius 3 is 2.41 bits per heavy atom. The van der Waals surface area contributed by atoms with Gasteiger partial charge in [-0.2, -0.15) is 0 Å². The number of nitrogens with zero attached hydrogens (tertiary/aromatic N) is 2. The third-order valence-electron chi connectivity index (χ3n) is 3.51. The van der Waals surface area contributed by atoms with Gasteiger partial charge in [-0.15, -0.1) is 0 Å². The number of nitrogens with one attached hydrogen (secondary N) is 1. The topological polar surface area (TPSA) is 86.8 Å². The Bertz CT molecular complexity index is 690. The molecular weight excluding hydrogens is 305 g/mol. The molecule has 2 radical (unpaired) electrons. The molecule has 9 heteroatoms. The zero-order chi connectivity index (χ0) is 16.5. The number of likely N-dealkylation sites (N-methyl/N-ethyl adjacent to an activating group) is 1. The van der Waals surface area contributed by atoms with Crippen molar-refractivity contribution in [2.45, 2.75) is 24.3 Å². The molecule has 1 fully saturated rings. The van der Waals surface area contributed by atoms with Gasteiger partial charge in [0.05, 0.1) is 4.90 Å². The Hall–Kier alpha value is -1.87. The molecule has 1 N–H and O–H groups in total. The molecule has 2 amide bonds. The molecule has 1 saturated heterocycles. The molecule has 1 aliphatic rings. The van der Waals surface area contributed by atoms with Crippen LogP contribution < -0.4 is 5.43 Å². The quantitative estimate of drug-likeness (QED) is 0.793. The van der Waals surface area contributed by atoms with Gasteiger partial charge in [0, 0.05) is 13.6 Å². The molecule has 2 rings (SSSR count). The van der Waals surface area contributed by atoms with Crippen LogP contribution in [0.1, 0.15) is 12.0 Å². The second-order valence-electron chi connectivity index (χ2n) is 5.08. The van der Waals surface area contributed by atoms with Crippen LogP contribution in [-0.2, 0) is 14.8 Å². The van der Waals surface area contributed by atoms with Gasteiger partial charge in [-0.3, -0.25) is 14.6 Å². The van der Waals surface area contributed by atoms with Crippen molar-refractivity contribution >= 4 is 29.6 Å². The molecule has 1 aromatic carbocycles. The molecule has 1 atom stereocenters. The van der Waals surface area contributed by atoms with E-state index in [0.717, 1.165) is 10.6 Å². The van der Waals surface area contributed by atoms with Gasteiger partial charge in [0.25, 0.3) is 15.9 Å². The number of benzene rings is 1. The molecule has 22 heavy (non-hydrogen) atoms. The maximum absolute atomic E-state index is 12.4. The fourth-order valence-electron chi connectivity index (χ4n) is 2.13. The molecule has 1 aliphatic heterocycles. The normalized spacial score (nSPS) is 18.3. The van der Waals surface area contributed by atoms with Crippen molar-refractivity contribution in [3.05, 3.63) is 29.8 Å². The third kappa shape index (κ3) is 3.15. The van der Waals surface area contributed by atoms with Gasteiger partial charge in [0.1, 0.15) is 6.04 Å². The van der Waals surface area contributed by atoms with Crippen LogP contribution in [0.4, 0.5) is 4.79 Å². The molecule has 1 heterocycles. The fourth-order valence-corrected chi connectivity index (χ4v) is 3.29. The third-order valence-corrected chi connectivity index (χ3v) is 5.28. The van der Waals surface area contributed by atoms with Crippen molar-refractivity contribution in [1.29, 1.82) is 0 Å². The lowest BCUT2D eigenvalue weighted by atomic mass is 10.1. The summed E-state index contributed by atoms with van der Waals surface area (Å²) in [6, 6.07) is 5.43. The summed E-state index contributed by atoms with van der Waals surface area (Å²) in [5.74, 6) is -1.34. The minimum absolute atomic E-state index is 0.0405. The van der Waals surface area contributed by atoms with Gasteiger partial charge < -0.3 is 0 Å². The second-order valence-corrected chi connectivity index (χ2v) is 7.05. The van der Waals surface area contributed by atoms with Gasteiger partial charge >= 0.3 is 0 Å². The molecule has 116 valence electrons. The monoisotopic (exact) mass is 321 g/mol. The zero-order valence-electron chi connectivity index (χ0n) is 12.3. The molecule has 7 nitrogen and oxygen atoms in total. The van der Waals surface area contributed by atoms with Crippen molar-refractivity contribution in [2.24, 2.45) is 0 Å². The fraction of sp³-hybridized carbons (Fsp3) is 0.385. The molecule has 0 spiro atoms. The Morgan fingerprint density at radius 1 is 1.32 bits per heavy atom. The number of hydrogen-bond acceptors (Lipinski definition) is 5. The molecule has 0 bridgehead atoms. The lowest BCUT2D eigenvalue weighted by molar-refractivity contribution is -0.127. The Kier molecular flexibility index (Phi) is 4.57. The van der Waals surface area contributed by atoms with Gasteiger partial charge in [0.2, 0.25) is 7.85 Å². The van der Waals surface area contributed by atoms with Crippen LogP contribution in [0.25, 0.3) is 0 Å². The predicted octanol–water partition coefficient (Wildman–Crippen LogP) is 0.00952. The lowest BCUT2D eigenvalue weighted by Crippen LogP contribution is -2.48. The highest BCUT2D eigenvalue weighted by atomic mass is 32.2. The molecule has 1 aromatic rings. The summed E-state index contributed by atoms with van der Waals surface area (Å²) < 4.78 is 25.6. The number of aryl methyl sites for hydroxylation is 1. The second kappa shape index (κ2) is 6.09. The highest BCUT2D eigenvalue weighted by Crippen LogP contribution is 2.18. The average molecular weight is 321 g/mol. The molecule has 0 aromatic heterocycles. The minimum atomic E-state index is -3.92. The van der Waals surface area contributed by atoms with Gasteiger partial charge in [-0.25, -0.2) is 18.1 Å². The first-order chi connectivity index (χ1) is 10.2. The van der Waals surface area contributed by atoms with Gasteiger partial charge in [-0.1, -0.05) is 17.7 Å². The summed E-state index contributed by atoms with van der Waals surface area (Å²) in [7, 11) is 2.39. The van der Waals surface area contributed by atoms with E-state index in [1.807, 2.05) is 6.92 Å². The number of carbonyl (C=O) groups is 2. The number of rotatable bonds is 3. The standard InChI is InChI=1S/C13H16BN3O4S/c1-9-3-5-10(6-4-9)22(20,21)16(2)12(18)11-7-8-17(15-11)13(14)19/h3-6,11,15H,7-8H2,1-2H3. The summed E-state index contributed by atoms with van der Waals surface area (Å²) in [4.78, 5) is 23.4. The molecule has 0 aliphatic carbocycles. The minimum Gasteiger partial charge on any atom is -0.288 e. The first kappa shape index (κ1) is 16.5. The van der Waals surface area contributed by atoms with E-state index in [0.29, 0.717) is 10.7 Å². The van der Waals surface area contributed by atoms with Crippen LogP contribution in [-0.4, -0.2) is 56.9 Å². The first-order valence-corrected chi connectivity index (χ1v) is 8.10. The summed E-state index contributed by atoms with van der Waals surface area (Å²) in [5, 5.41) is 1.09. The average Bonchev–Trinajstić information content (AvgIpc) is 2.96. The van der Waals surface area contributed by atoms with E-state index < -0.39 is 27.8 Å². The number of sulfonamides is 1. The maximum atomic E-state index is 12.4. The number of carbonyl (C=O) groups excluding carboxylic acids is 2. The Morgan fingerprint density at radius 2 is 1.91 bits per heavy atom. The zero-order valence-corrected chi connectivity index (χ0v) is 13.1. The van der Waals surface area contributed by atoms with Crippen molar-refractivity contribution in [1.82, 2.24) is 14.7 Å². The van der Waals surface area contributed by atoms with Gasteiger partial charge in [-0.05, 0) is 25.5 Å². The SMILES string of the molecule is [B]C(=O)N1CCC(C(=O)N(C)S(=O)(=O)c2ccc(C)cc2)N1. The van der Waals surface area contributed by atoms with E-state index in [1.165, 1.54) is 19.2 Å². The van der Waals surface area contributed by atoms with Crippen LogP contribution in [0.2, 0.25) is 0 Å². The molecule has 1 unspecified atom stereocenters. The molecular formula is C13H16BN3O4S. The van der Waals surface area contributed by atoms with Crippen molar-refractivity contribution in [3.8, 4) is 0 Å². The van der Waals surface area contributed by atoms with E-state index in [-0.39, 0.29) is 11.4 Å². The highest BCUT2D eigenvalue weighted by molar-refractivity contribution is 7.89. The van der Waals surface area contributed by atoms with E-state index in [2.05, 4.69) is 5.43 Å². The van der Waals surface area contributed by atoms with Crippen LogP contribution >= 0.6 is 0 Å². The Labute approximate surface area is 130 Å². The number of hydrogen-bond donors (Lipinski definition) is 1. The van der Waals surface area contributed by atoms with E-state index in [1.54, 1.807) is 12.1 Å². The van der Waals surface area contributed by atoms with Crippen LogP contribution in [0.5, 0.6) is 0 Å². The first-order valence-electron chi connectivity index (χ1n) is 6.66. The summed E-state index contributed by atoms with van der Waals surface area (Å²) in [6.45, 7) is 2.09. The van der Waals surface area contributed by atoms with Crippen LogP contribution in [0, 0.1) is 6.92 Å². The highest BCUT2D eigenvalue weighted by Gasteiger charge is 2.35. The number of hydrazine groups is 1. The summed E-state index contributed by atoms with van der Waals surface area (Å²) >= 11 is 0. The van der Waals surface area contributed by atoms with Crippen LogP contribution in [0.15, 0.2) is 29.2 Å². The lowest BCUT2D eigenvalue weighted by Gasteiger charge is -2.22. The summed E-state index contributed by atoms with van der Waals surface area (Å²) in [6.07, 6.45) is 0.301. The van der Waals surface area contributed by atoms with Crippen molar-refractivity contribution < 1.29 is 18.0 Å². The smallest absolute Gasteiger partial charge is 0.266 e. The van der Waals surface area contributed by atoms with Crippen LogP contribution in [0.3, 0.4) is 0 Å². The van der Waals surface area contributed by atoms with Gasteiger partial charge in [0.15, 0.2) is 5.81 Å². The van der Waals surface area contributed by atoms with E-state index >= 15 is 0 Å². The van der Waals surface area contributed by atoms with E-state index in [4.69, 9.17) is 7.85 Å². The van der Waals surface area contributed by atoms with Crippen molar-refractivity contribution in [3.63, 3.8) is 0 Å². The van der Waals surface area contributed by atoms with E-state index in [9.17, 15) is 18.0 Å². The number of amides is 2. The largest absolute Gasteiger partial charge is 0.288 e.